The number of nitrogens with zero attached hydrogens (tertiary/aromatic N) is 1. The number of hydrogen-bond donors (Lipinski definition) is 1. The third-order valence-electron chi connectivity index (χ3n) is 5.03. The molecule has 3 nitrogen and oxygen atoms in total. The molecule has 1 aliphatic carbocycles. The molecule has 0 radical (unpaired) electrons. The van der Waals surface area contributed by atoms with Crippen molar-refractivity contribution in [3.05, 3.63) is 29.3 Å². The number of benzene rings is 1. The first kappa shape index (κ1) is 14.9. The maximum atomic E-state index is 6.15. The van der Waals surface area contributed by atoms with Crippen LogP contribution in [0.4, 0.5) is 0 Å². The van der Waals surface area contributed by atoms with Crippen molar-refractivity contribution in [3.8, 4) is 5.75 Å². The van der Waals surface area contributed by atoms with E-state index in [4.69, 9.17) is 10.5 Å². The van der Waals surface area contributed by atoms with Gasteiger partial charge in [-0.15, -0.1) is 0 Å². The number of ether oxygens (including phenoxy) is 1. The summed E-state index contributed by atoms with van der Waals surface area (Å²) in [5.74, 6) is 1.66. The fraction of sp³-hybridized carbons (Fsp3) is 0.647. The highest BCUT2D eigenvalue weighted by atomic mass is 16.5. The van der Waals surface area contributed by atoms with E-state index in [2.05, 4.69) is 44.8 Å². The molecule has 2 aliphatic rings. The van der Waals surface area contributed by atoms with Gasteiger partial charge in [0.05, 0.1) is 0 Å². The molecule has 0 bridgehead atoms. The Balaban J connectivity index is 1.52. The molecule has 114 valence electrons. The maximum absolute atomic E-state index is 6.15. The molecule has 1 aliphatic heterocycles. The van der Waals surface area contributed by atoms with Crippen LogP contribution in [0.3, 0.4) is 0 Å². The third-order valence-corrected chi connectivity index (χ3v) is 5.03. The summed E-state index contributed by atoms with van der Waals surface area (Å²) in [5, 5.41) is 0. The topological polar surface area (TPSA) is 38.5 Å². The number of likely N-dealkylation sites (tertiary alicyclic amines) is 1. The molecule has 0 spiro atoms. The van der Waals surface area contributed by atoms with Crippen molar-refractivity contribution in [1.29, 1.82) is 0 Å². The molecule has 2 fully saturated rings. The summed E-state index contributed by atoms with van der Waals surface area (Å²) < 4.78 is 6.13. The third kappa shape index (κ3) is 3.43. The number of hydrogen-bond acceptors (Lipinski definition) is 3. The Hall–Kier alpha value is -0.995. The summed E-state index contributed by atoms with van der Waals surface area (Å²) in [6.45, 7) is 7.51. The van der Waals surface area contributed by atoms with E-state index in [-0.39, 0.29) is 5.54 Å². The zero-order chi connectivity index (χ0) is 15.0. The lowest BCUT2D eigenvalue weighted by atomic mass is 9.87. The molecule has 1 aromatic rings. The molecule has 21 heavy (non-hydrogen) atoms. The predicted molar refractivity (Wildman–Crippen MR) is 90.0 cm³/mol. The van der Waals surface area contributed by atoms with E-state index < -0.39 is 0 Å². The van der Waals surface area contributed by atoms with Gasteiger partial charge in [-0.3, -0.25) is 4.90 Å². The monoisotopic (exact) mass is 286 g/mol. The molecule has 1 heterocycles. The van der Waals surface area contributed by atoms with Gasteiger partial charge in [-0.1, -0.05) is 25.4 Å². The van der Waals surface area contributed by atoms with Crippen molar-refractivity contribution in [2.75, 3.05) is 19.6 Å². The van der Waals surface area contributed by atoms with Gasteiger partial charge in [0.25, 0.3) is 0 Å². The normalized spacial score (nSPS) is 22.6. The largest absolute Gasteiger partial charge is 0.487 e. The molecule has 0 aromatic heterocycles. The van der Waals surface area contributed by atoms with E-state index in [0.717, 1.165) is 25.4 Å². The fourth-order valence-electron chi connectivity index (χ4n) is 3.02. The van der Waals surface area contributed by atoms with Crippen molar-refractivity contribution in [3.63, 3.8) is 0 Å². The second-order valence-corrected chi connectivity index (χ2v) is 7.13. The molecule has 1 aromatic carbocycles. The van der Waals surface area contributed by atoms with Gasteiger partial charge in [-0.25, -0.2) is 0 Å². The van der Waals surface area contributed by atoms with Crippen molar-refractivity contribution in [2.24, 2.45) is 5.73 Å². The number of aryl methyl sites for hydroxylation is 1. The molecular formula is C17H27BN2O. The van der Waals surface area contributed by atoms with Gasteiger partial charge < -0.3 is 10.5 Å². The average Bonchev–Trinajstić information content (AvgIpc) is 3.15. The van der Waals surface area contributed by atoms with Gasteiger partial charge in [-0.05, 0) is 42.9 Å². The summed E-state index contributed by atoms with van der Waals surface area (Å²) >= 11 is 0. The Kier molecular flexibility index (Phi) is 4.02. The maximum Gasteiger partial charge on any atom is 0.124 e. The number of nitrogens with two attached hydrogens (primary N) is 1. The first-order valence-corrected chi connectivity index (χ1v) is 8.27. The molecule has 0 amide bonds. The van der Waals surface area contributed by atoms with Gasteiger partial charge in [0.2, 0.25) is 0 Å². The molecule has 3 rings (SSSR count). The summed E-state index contributed by atoms with van der Waals surface area (Å²) in [6, 6.07) is 6.63. The Morgan fingerprint density at radius 2 is 2.14 bits per heavy atom. The Bertz CT molecular complexity index is 510. The molecule has 2 N–H and O–H groups in total. The van der Waals surface area contributed by atoms with E-state index in [1.807, 2.05) is 0 Å². The van der Waals surface area contributed by atoms with Gasteiger partial charge in [0, 0.05) is 25.2 Å². The summed E-state index contributed by atoms with van der Waals surface area (Å²) in [6.07, 6.45) is 3.88. The van der Waals surface area contributed by atoms with E-state index in [0.29, 0.717) is 12.0 Å². The zero-order valence-corrected chi connectivity index (χ0v) is 13.6. The predicted octanol–water partition coefficient (Wildman–Crippen LogP) is 1.70. The molecule has 1 saturated carbocycles. The first-order valence-electron chi connectivity index (χ1n) is 8.27. The second-order valence-electron chi connectivity index (χ2n) is 7.13. The fourth-order valence-corrected chi connectivity index (χ4v) is 3.02. The Labute approximate surface area is 129 Å². The van der Waals surface area contributed by atoms with E-state index in [1.165, 1.54) is 30.3 Å². The summed E-state index contributed by atoms with van der Waals surface area (Å²) in [7, 11) is 2.23. The van der Waals surface area contributed by atoms with Crippen LogP contribution in [0.1, 0.15) is 36.8 Å². The summed E-state index contributed by atoms with van der Waals surface area (Å²) in [5.41, 5.74) is 8.95. The lowest BCUT2D eigenvalue weighted by Crippen LogP contribution is -2.57. The van der Waals surface area contributed by atoms with Crippen LogP contribution in [0.5, 0.6) is 5.75 Å². The van der Waals surface area contributed by atoms with E-state index in [1.54, 1.807) is 0 Å². The highest BCUT2D eigenvalue weighted by Gasteiger charge is 2.42. The number of rotatable bonds is 6. The van der Waals surface area contributed by atoms with Crippen LogP contribution < -0.4 is 10.5 Å². The standard InChI is InChI=1S/C17H27BN2O/c1-12-7-14(13(2)8-18)3-4-16(12)21-15-9-20(10-15)11-17(19)5-6-17/h3-4,7,13,15H,5-6,8-11,18-19H2,1-2H3/t13-/m0/s1. The Morgan fingerprint density at radius 1 is 1.43 bits per heavy atom. The molecule has 4 heteroatoms. The van der Waals surface area contributed by atoms with Gasteiger partial charge in [0.15, 0.2) is 0 Å². The average molecular weight is 286 g/mol. The molecule has 1 atom stereocenters. The minimum Gasteiger partial charge on any atom is -0.487 e. The van der Waals surface area contributed by atoms with Gasteiger partial charge in [0.1, 0.15) is 19.7 Å². The minimum atomic E-state index is 0.124. The highest BCUT2D eigenvalue weighted by Crippen LogP contribution is 2.34. The van der Waals surface area contributed by atoms with Crippen LogP contribution >= 0.6 is 0 Å². The second kappa shape index (κ2) is 5.66. The van der Waals surface area contributed by atoms with Crippen LogP contribution in [-0.4, -0.2) is 44.0 Å². The van der Waals surface area contributed by atoms with E-state index in [9.17, 15) is 0 Å². The van der Waals surface area contributed by atoms with Crippen molar-refractivity contribution >= 4 is 7.85 Å². The molecular weight excluding hydrogens is 259 g/mol. The Morgan fingerprint density at radius 3 is 2.71 bits per heavy atom. The van der Waals surface area contributed by atoms with Gasteiger partial charge >= 0.3 is 0 Å². The van der Waals surface area contributed by atoms with Crippen molar-refractivity contribution in [1.82, 2.24) is 4.90 Å². The summed E-state index contributed by atoms with van der Waals surface area (Å²) in [4.78, 5) is 2.42. The minimum absolute atomic E-state index is 0.124. The first-order chi connectivity index (χ1) is 9.99. The molecule has 0 unspecified atom stereocenters. The smallest absolute Gasteiger partial charge is 0.124 e. The van der Waals surface area contributed by atoms with Crippen molar-refractivity contribution in [2.45, 2.75) is 50.6 Å². The SMILES string of the molecule is BC[C@H](C)c1ccc(OC2CN(CC3(N)CC3)C2)c(C)c1. The van der Waals surface area contributed by atoms with E-state index >= 15 is 0 Å². The van der Waals surface area contributed by atoms with Crippen LogP contribution in [0.2, 0.25) is 6.32 Å². The van der Waals surface area contributed by atoms with Crippen LogP contribution in [0.15, 0.2) is 18.2 Å². The van der Waals surface area contributed by atoms with Crippen molar-refractivity contribution < 1.29 is 4.74 Å². The highest BCUT2D eigenvalue weighted by molar-refractivity contribution is 6.09. The van der Waals surface area contributed by atoms with Crippen LogP contribution in [0, 0.1) is 6.92 Å². The quantitative estimate of drug-likeness (QED) is 0.809. The van der Waals surface area contributed by atoms with Crippen LogP contribution in [-0.2, 0) is 0 Å². The lowest BCUT2D eigenvalue weighted by Gasteiger charge is -2.40. The van der Waals surface area contributed by atoms with Gasteiger partial charge in [-0.2, -0.15) is 0 Å². The van der Waals surface area contributed by atoms with Crippen LogP contribution in [0.25, 0.3) is 0 Å². The lowest BCUT2D eigenvalue weighted by molar-refractivity contribution is 0.0143. The molecule has 1 saturated heterocycles. The zero-order valence-electron chi connectivity index (χ0n) is 13.6.